The number of hydrogen-bond donors (Lipinski definition) is 4. The summed E-state index contributed by atoms with van der Waals surface area (Å²) >= 11 is 0. The lowest BCUT2D eigenvalue weighted by Gasteiger charge is -1.92. The van der Waals surface area contributed by atoms with Gasteiger partial charge in [0.05, 0.1) is 5.09 Å². The third kappa shape index (κ3) is 7.84. The van der Waals surface area contributed by atoms with Crippen LogP contribution in [-0.2, 0) is 0 Å². The fraction of sp³-hybridized carbons (Fsp3) is 0. The number of phenols is 1. The van der Waals surface area contributed by atoms with Crippen LogP contribution in [0.1, 0.15) is 0 Å². The number of rotatable bonds is 1. The minimum absolute atomic E-state index is 0.107. The van der Waals surface area contributed by atoms with Gasteiger partial charge in [-0.3, -0.25) is 11.5 Å². The molecular formula is C7H10N4O4. The first kappa shape index (κ1) is 12.5. The number of nitrogens with two attached hydrogens (primary N) is 2. The summed E-state index contributed by atoms with van der Waals surface area (Å²) in [6, 6.07) is 6.54. The van der Waals surface area contributed by atoms with Crippen LogP contribution >= 0.6 is 0 Å². The van der Waals surface area contributed by atoms with Crippen LogP contribution in [0.3, 0.4) is 0 Å². The molecule has 0 aromatic heterocycles. The molecule has 0 spiro atoms. The van der Waals surface area contributed by atoms with Crippen molar-refractivity contribution in [1.82, 2.24) is 0 Å². The van der Waals surface area contributed by atoms with E-state index < -0.39 is 5.09 Å². The molecule has 8 heteroatoms. The first-order valence-corrected chi connectivity index (χ1v) is 3.67. The summed E-state index contributed by atoms with van der Waals surface area (Å²) in [4.78, 5) is 10.9. The van der Waals surface area contributed by atoms with Crippen LogP contribution in [0.15, 0.2) is 24.3 Å². The summed E-state index contributed by atoms with van der Waals surface area (Å²) in [6.07, 6.45) is 0. The lowest BCUT2D eigenvalue weighted by atomic mass is 10.3. The van der Waals surface area contributed by atoms with Crippen LogP contribution < -0.4 is 16.5 Å². The quantitative estimate of drug-likeness (QED) is 0.186. The highest BCUT2D eigenvalue weighted by atomic mass is 16.9. The minimum Gasteiger partial charge on any atom is -0.508 e. The van der Waals surface area contributed by atoms with Crippen molar-refractivity contribution < 1.29 is 15.2 Å². The molecule has 0 unspecified atom stereocenters. The Hall–Kier alpha value is -2.51. The number of aromatic hydroxyl groups is 1. The number of phenolic OH excluding ortho intramolecular Hbond substituents is 1. The zero-order valence-corrected chi connectivity index (χ0v) is 7.58. The first-order valence-electron chi connectivity index (χ1n) is 3.67. The van der Waals surface area contributed by atoms with Gasteiger partial charge in [0.1, 0.15) is 11.4 Å². The van der Waals surface area contributed by atoms with Crippen molar-refractivity contribution in [2.24, 2.45) is 11.5 Å². The van der Waals surface area contributed by atoms with E-state index in [4.69, 9.17) is 31.9 Å². The molecule has 1 aromatic rings. The summed E-state index contributed by atoms with van der Waals surface area (Å²) in [7, 11) is 0. The van der Waals surface area contributed by atoms with E-state index in [-0.39, 0.29) is 11.7 Å². The summed E-state index contributed by atoms with van der Waals surface area (Å²) in [6.45, 7) is 0. The molecule has 1 aromatic carbocycles. The molecular weight excluding hydrogens is 204 g/mol. The predicted octanol–water partition coefficient (Wildman–Crippen LogP) is -1.86. The molecule has 15 heavy (non-hydrogen) atoms. The zero-order valence-electron chi connectivity index (χ0n) is 7.58. The van der Waals surface area contributed by atoms with E-state index in [1.54, 1.807) is 18.2 Å². The predicted molar refractivity (Wildman–Crippen MR) is 52.5 cm³/mol. The Morgan fingerprint density at radius 1 is 1.40 bits per heavy atom. The molecule has 0 saturated heterocycles. The van der Waals surface area contributed by atoms with E-state index in [0.29, 0.717) is 5.69 Å². The zero-order chi connectivity index (χ0) is 11.8. The lowest BCUT2D eigenvalue weighted by molar-refractivity contribution is -0.402. The largest absolute Gasteiger partial charge is 0.508 e. The standard InChI is InChI=1S/C7H9N3O.NO3/c8-7(9)10-5-2-1-3-6(11)4-5;2-1(3)4/h1-4,11H,(H4,8,9,10);/q;-1/p+1. The van der Waals surface area contributed by atoms with Gasteiger partial charge in [-0.1, -0.05) is 6.07 Å². The van der Waals surface area contributed by atoms with Crippen molar-refractivity contribution in [1.29, 1.82) is 0 Å². The van der Waals surface area contributed by atoms with Crippen molar-refractivity contribution in [3.8, 4) is 5.75 Å². The number of guanidine groups is 1. The third-order valence-corrected chi connectivity index (χ3v) is 1.13. The van der Waals surface area contributed by atoms with Crippen molar-refractivity contribution in [2.45, 2.75) is 0 Å². The van der Waals surface area contributed by atoms with Gasteiger partial charge >= 0.3 is 5.96 Å². The average Bonchev–Trinajstić information content (AvgIpc) is 2.00. The molecule has 6 N–H and O–H groups in total. The molecule has 0 aliphatic carbocycles. The van der Waals surface area contributed by atoms with E-state index in [1.807, 2.05) is 0 Å². The maximum absolute atomic E-state index is 9.00. The molecule has 0 radical (unpaired) electrons. The maximum Gasteiger partial charge on any atom is 0.343 e. The van der Waals surface area contributed by atoms with E-state index in [0.717, 1.165) is 0 Å². The first-order chi connectivity index (χ1) is 6.91. The molecule has 1 rings (SSSR count). The average molecular weight is 214 g/mol. The Morgan fingerprint density at radius 3 is 2.33 bits per heavy atom. The molecule has 0 saturated carbocycles. The molecule has 0 aliphatic rings. The molecule has 0 bridgehead atoms. The fourth-order valence-corrected chi connectivity index (χ4v) is 0.750. The van der Waals surface area contributed by atoms with Crippen molar-refractivity contribution >= 4 is 11.6 Å². The molecule has 0 amide bonds. The number of hydrogen-bond acceptors (Lipinski definition) is 4. The van der Waals surface area contributed by atoms with Crippen LogP contribution in [0, 0.1) is 15.3 Å². The number of nitrogens with one attached hydrogen (secondary N) is 1. The Balaban J connectivity index is 0.000000423. The van der Waals surface area contributed by atoms with E-state index >= 15 is 0 Å². The smallest absolute Gasteiger partial charge is 0.343 e. The highest BCUT2D eigenvalue weighted by Gasteiger charge is 1.93. The van der Waals surface area contributed by atoms with E-state index in [9.17, 15) is 0 Å². The highest BCUT2D eigenvalue weighted by molar-refractivity contribution is 5.70. The minimum atomic E-state index is -1.75. The molecule has 0 fully saturated rings. The van der Waals surface area contributed by atoms with Gasteiger partial charge in [0, 0.05) is 6.07 Å². The van der Waals surface area contributed by atoms with Crippen LogP contribution in [0.2, 0.25) is 0 Å². The van der Waals surface area contributed by atoms with Gasteiger partial charge in [-0.05, 0) is 12.1 Å². The van der Waals surface area contributed by atoms with Gasteiger partial charge in [0.25, 0.3) is 0 Å². The van der Waals surface area contributed by atoms with Gasteiger partial charge in [0.2, 0.25) is 0 Å². The van der Waals surface area contributed by atoms with Crippen LogP contribution in [0.25, 0.3) is 0 Å². The Morgan fingerprint density at radius 2 is 1.93 bits per heavy atom. The molecule has 0 atom stereocenters. The van der Waals surface area contributed by atoms with Gasteiger partial charge in [0.15, 0.2) is 0 Å². The van der Waals surface area contributed by atoms with E-state index in [2.05, 4.69) is 4.99 Å². The summed E-state index contributed by atoms with van der Waals surface area (Å²) < 4.78 is 0. The summed E-state index contributed by atoms with van der Waals surface area (Å²) in [5.41, 5.74) is 11.0. The topological polar surface area (TPSA) is 152 Å². The van der Waals surface area contributed by atoms with E-state index in [1.165, 1.54) is 6.07 Å². The van der Waals surface area contributed by atoms with Crippen molar-refractivity contribution in [3.63, 3.8) is 0 Å². The monoisotopic (exact) mass is 214 g/mol. The summed E-state index contributed by atoms with van der Waals surface area (Å²) in [5.74, 6) is 0.284. The second kappa shape index (κ2) is 6.02. The lowest BCUT2D eigenvalue weighted by Crippen LogP contribution is -2.72. The molecule has 82 valence electrons. The second-order valence-electron chi connectivity index (χ2n) is 2.35. The number of benzene rings is 1. The molecule has 0 aliphatic heterocycles. The van der Waals surface area contributed by atoms with Crippen LogP contribution in [-0.4, -0.2) is 16.2 Å². The Kier molecular flexibility index (Phi) is 5.01. The Labute approximate surface area is 84.6 Å². The van der Waals surface area contributed by atoms with Crippen LogP contribution in [0.4, 0.5) is 5.69 Å². The van der Waals surface area contributed by atoms with Gasteiger partial charge in [-0.15, -0.1) is 0 Å². The SMILES string of the molecule is NC(N)=[NH+]c1cccc(O)c1.O=[N+]([O-])[O-]. The number of nitrogens with zero attached hydrogens (tertiary/aromatic N) is 1. The van der Waals surface area contributed by atoms with Crippen molar-refractivity contribution in [3.05, 3.63) is 39.6 Å². The second-order valence-corrected chi connectivity index (χ2v) is 2.35. The summed E-state index contributed by atoms with van der Waals surface area (Å²) in [5, 5.41) is 23.7. The van der Waals surface area contributed by atoms with Crippen molar-refractivity contribution in [2.75, 3.05) is 0 Å². The normalized spacial score (nSPS) is 8.27. The maximum atomic E-state index is 9.00. The molecule has 8 nitrogen and oxygen atoms in total. The fourth-order valence-electron chi connectivity index (χ4n) is 0.750. The highest BCUT2D eigenvalue weighted by Crippen LogP contribution is 2.09. The molecule has 0 heterocycles. The van der Waals surface area contributed by atoms with Crippen LogP contribution in [0.5, 0.6) is 5.75 Å². The van der Waals surface area contributed by atoms with Gasteiger partial charge < -0.3 is 20.4 Å². The third-order valence-electron chi connectivity index (χ3n) is 1.13. The Bertz CT molecular complexity index is 358. The van der Waals surface area contributed by atoms with Gasteiger partial charge in [-0.2, -0.15) is 0 Å². The van der Waals surface area contributed by atoms with Gasteiger partial charge in [-0.25, -0.2) is 4.99 Å².